The Morgan fingerprint density at radius 3 is 1.80 bits per heavy atom. The molecule has 5 aliphatic carbocycles. The van der Waals surface area contributed by atoms with Gasteiger partial charge in [0, 0.05) is 16.6 Å². The lowest BCUT2D eigenvalue weighted by molar-refractivity contribution is -0.386. The van der Waals surface area contributed by atoms with Gasteiger partial charge in [0.1, 0.15) is 67.1 Å². The van der Waals surface area contributed by atoms with Crippen molar-refractivity contribution in [1.82, 2.24) is 0 Å². The summed E-state index contributed by atoms with van der Waals surface area (Å²) in [6.45, 7) is 21.6. The molecule has 3 saturated heterocycles. The highest BCUT2D eigenvalue weighted by Gasteiger charge is 2.74. The molecule has 22 heteroatoms. The fourth-order valence-electron chi connectivity index (χ4n) is 16.6. The molecule has 8 rings (SSSR count). The van der Waals surface area contributed by atoms with E-state index in [4.69, 9.17) is 42.6 Å². The number of allylic oxidation sites excluding steroid dienone is 4. The summed E-state index contributed by atoms with van der Waals surface area (Å²) in [6, 6.07) is 0. The number of hydrogen-bond acceptors (Lipinski definition) is 22. The first-order chi connectivity index (χ1) is 38.9. The van der Waals surface area contributed by atoms with Crippen molar-refractivity contribution >= 4 is 17.9 Å². The number of ether oxygens (including phenoxy) is 9. The Labute approximate surface area is 487 Å². The molecule has 0 radical (unpaired) electrons. The molecule has 25 atom stereocenters. The second kappa shape index (κ2) is 24.9. The maximum atomic E-state index is 14.0. The molecule has 0 amide bonds. The topological polar surface area (TPSA) is 337 Å². The molecule has 0 bridgehead atoms. The number of rotatable bonds is 17. The van der Waals surface area contributed by atoms with E-state index in [9.17, 15) is 65.4 Å². The molecule has 3 heterocycles. The Morgan fingerprint density at radius 1 is 0.663 bits per heavy atom. The summed E-state index contributed by atoms with van der Waals surface area (Å²) in [5.74, 6) is -2.69. The standard InChI is InChI=1S/C61H96O22/c1-13-16-23-75-52(74)46-44(71)45(79-53-42(69)40(67)34(27-63)77-53)47(81-54-43(70)41(68)39(66)33(26-62)76-54)55(80-46)78-38-20-21-58(10)35(57(38,8)9)19-22-59(11)36(58)18-17-31-32-24-56(6,7)48(82-50(72)29(4)14-2)49(83-51(73)30(5)15-3)61(32,28-64)37(65)25-60(31,59)12/h14-15,17,32-49,53-55,62-71H,13,16,18-28H2,1-12H3/b29-14-,30-15-/t32?,33-,34+,35?,36?,37-,38+,39+,40+,41+,42-,43-,44+,45+,46+,47-,48+,49+,53+,54+,55-,58+,59-,60-,61+/m1/s1. The van der Waals surface area contributed by atoms with Crippen LogP contribution in [0.4, 0.5) is 0 Å². The van der Waals surface area contributed by atoms with E-state index < -0.39 is 181 Å². The van der Waals surface area contributed by atoms with Crippen LogP contribution in [0.1, 0.15) is 141 Å². The zero-order valence-electron chi connectivity index (χ0n) is 50.4. The van der Waals surface area contributed by atoms with Crippen molar-refractivity contribution in [2.24, 2.45) is 50.2 Å². The zero-order valence-corrected chi connectivity index (χ0v) is 50.4. The van der Waals surface area contributed by atoms with Gasteiger partial charge in [-0.2, -0.15) is 0 Å². The average molecular weight is 1180 g/mol. The summed E-state index contributed by atoms with van der Waals surface area (Å²) in [4.78, 5) is 41.5. The van der Waals surface area contributed by atoms with Gasteiger partial charge in [-0.25, -0.2) is 14.4 Å². The number of aliphatic hydroxyl groups excluding tert-OH is 10. The first-order valence-electron chi connectivity index (χ1n) is 30.0. The van der Waals surface area contributed by atoms with Crippen LogP contribution in [0.5, 0.6) is 0 Å². The van der Waals surface area contributed by atoms with E-state index in [1.807, 2.05) is 20.8 Å². The smallest absolute Gasteiger partial charge is 0.338 e. The van der Waals surface area contributed by atoms with Crippen LogP contribution in [0.2, 0.25) is 0 Å². The largest absolute Gasteiger partial charge is 0.464 e. The Balaban J connectivity index is 1.14. The molecule has 0 spiro atoms. The molecule has 83 heavy (non-hydrogen) atoms. The van der Waals surface area contributed by atoms with Gasteiger partial charge in [0.05, 0.1) is 44.1 Å². The quantitative estimate of drug-likeness (QED) is 0.0250. The first kappa shape index (κ1) is 66.0. The molecule has 472 valence electrons. The van der Waals surface area contributed by atoms with E-state index >= 15 is 0 Å². The number of carbonyl (C=O) groups excluding carboxylic acids is 3. The summed E-state index contributed by atoms with van der Waals surface area (Å²) in [6.07, 6.45) is -18.0. The zero-order chi connectivity index (χ0) is 61.3. The Bertz CT molecular complexity index is 2420. The summed E-state index contributed by atoms with van der Waals surface area (Å²) in [5.41, 5.74) is -2.61. The van der Waals surface area contributed by atoms with Crippen LogP contribution in [0.3, 0.4) is 0 Å². The normalized spacial score (nSPS) is 46.8. The van der Waals surface area contributed by atoms with E-state index in [-0.39, 0.29) is 30.3 Å². The monoisotopic (exact) mass is 1180 g/mol. The second-order valence-corrected chi connectivity index (χ2v) is 27.2. The molecule has 7 fully saturated rings. The minimum Gasteiger partial charge on any atom is -0.464 e. The first-order valence-corrected chi connectivity index (χ1v) is 30.0. The van der Waals surface area contributed by atoms with Gasteiger partial charge < -0.3 is 93.7 Å². The van der Waals surface area contributed by atoms with E-state index in [2.05, 4.69) is 40.7 Å². The van der Waals surface area contributed by atoms with Crippen molar-refractivity contribution in [1.29, 1.82) is 0 Å². The van der Waals surface area contributed by atoms with Crippen LogP contribution in [0.25, 0.3) is 0 Å². The Kier molecular flexibility index (Phi) is 19.8. The van der Waals surface area contributed by atoms with Gasteiger partial charge >= 0.3 is 17.9 Å². The summed E-state index contributed by atoms with van der Waals surface area (Å²) in [7, 11) is 0. The van der Waals surface area contributed by atoms with Crippen LogP contribution in [0.15, 0.2) is 34.9 Å². The average Bonchev–Trinajstić information content (AvgIpc) is 1.31. The summed E-state index contributed by atoms with van der Waals surface area (Å²) >= 11 is 0. The van der Waals surface area contributed by atoms with Crippen molar-refractivity contribution in [3.8, 4) is 0 Å². The third kappa shape index (κ3) is 11.1. The highest BCUT2D eigenvalue weighted by Crippen LogP contribution is 2.76. The van der Waals surface area contributed by atoms with Crippen LogP contribution < -0.4 is 0 Å². The van der Waals surface area contributed by atoms with Gasteiger partial charge in [0.25, 0.3) is 0 Å². The molecule has 3 aliphatic heterocycles. The van der Waals surface area contributed by atoms with Gasteiger partial charge in [-0.3, -0.25) is 0 Å². The van der Waals surface area contributed by atoms with Crippen molar-refractivity contribution in [2.75, 3.05) is 26.4 Å². The van der Waals surface area contributed by atoms with Gasteiger partial charge in [-0.05, 0) is 118 Å². The molecular weight excluding hydrogens is 1080 g/mol. The van der Waals surface area contributed by atoms with Crippen LogP contribution >= 0.6 is 0 Å². The maximum absolute atomic E-state index is 14.0. The molecule has 0 aromatic carbocycles. The van der Waals surface area contributed by atoms with Crippen molar-refractivity contribution in [3.63, 3.8) is 0 Å². The molecule has 22 nitrogen and oxygen atoms in total. The highest BCUT2D eigenvalue weighted by molar-refractivity contribution is 5.89. The van der Waals surface area contributed by atoms with Gasteiger partial charge in [0.2, 0.25) is 0 Å². The second-order valence-electron chi connectivity index (χ2n) is 27.2. The third-order valence-electron chi connectivity index (χ3n) is 22.0. The summed E-state index contributed by atoms with van der Waals surface area (Å²) < 4.78 is 55.9. The maximum Gasteiger partial charge on any atom is 0.338 e. The van der Waals surface area contributed by atoms with Crippen molar-refractivity contribution < 1.29 is 108 Å². The van der Waals surface area contributed by atoms with E-state index in [0.29, 0.717) is 62.5 Å². The number of unbranched alkanes of at least 4 members (excludes halogenated alkanes) is 1. The molecule has 3 unspecified atom stereocenters. The van der Waals surface area contributed by atoms with Crippen LogP contribution in [-0.2, 0) is 57.0 Å². The predicted molar refractivity (Wildman–Crippen MR) is 294 cm³/mol. The molecule has 0 aromatic rings. The lowest BCUT2D eigenvalue weighted by Gasteiger charge is -2.72. The lowest BCUT2D eigenvalue weighted by Crippen LogP contribution is -2.72. The van der Waals surface area contributed by atoms with Gasteiger partial charge in [-0.1, -0.05) is 85.6 Å². The Hall–Kier alpha value is -3.01. The number of hydrogen-bond donors (Lipinski definition) is 10. The molecule has 10 N–H and O–H groups in total. The predicted octanol–water partition coefficient (Wildman–Crippen LogP) is 2.55. The van der Waals surface area contributed by atoms with Crippen molar-refractivity contribution in [2.45, 2.75) is 251 Å². The molecule has 8 aliphatic rings. The minimum absolute atomic E-state index is 0.0226. The molecule has 0 aromatic heterocycles. The molecular formula is C61H96O22. The number of carbonyl (C=O) groups is 3. The fraction of sp³-hybridized carbons (Fsp3) is 0.852. The lowest BCUT2D eigenvalue weighted by atomic mass is 9.33. The van der Waals surface area contributed by atoms with Gasteiger partial charge in [0.15, 0.2) is 31.1 Å². The van der Waals surface area contributed by atoms with E-state index in [1.165, 1.54) is 0 Å². The van der Waals surface area contributed by atoms with Gasteiger partial charge in [-0.15, -0.1) is 0 Å². The SMILES string of the molecule is C/C=C(/C)C(=O)O[C@H]1[C@H](OC(=O)/C(C)=C\C)[C@@]2(CO)C(CC1(C)C)C1=CCC3[C@@]4(C)CC[C@H](O[C@@H]5O[C@H](C(=O)OCCCC)[C@@H](O)[C@H](O[C@@H]6O[C@@H](CO)[C@H](O)[C@H]6O)[C@H]5O[C@@H]5O[C@H](CO)[C@H](O)[C@H](O)[C@H]5O)C(C)(C)C4CC[C@@]3(C)[C@]1(C)C[C@H]2O. The number of aliphatic hydroxyl groups is 10. The van der Waals surface area contributed by atoms with E-state index in [1.54, 1.807) is 39.8 Å². The van der Waals surface area contributed by atoms with Crippen molar-refractivity contribution in [3.05, 3.63) is 34.9 Å². The Morgan fingerprint density at radius 2 is 1.23 bits per heavy atom. The number of fused-ring (bicyclic) bond motifs is 7. The van der Waals surface area contributed by atoms with Crippen LogP contribution in [-0.4, -0.2) is 206 Å². The minimum atomic E-state index is -1.97. The third-order valence-corrected chi connectivity index (χ3v) is 22.0. The summed E-state index contributed by atoms with van der Waals surface area (Å²) in [5, 5.41) is 112. The molecule has 4 saturated carbocycles. The fourth-order valence-corrected chi connectivity index (χ4v) is 16.6. The van der Waals surface area contributed by atoms with Crippen LogP contribution in [0, 0.1) is 50.2 Å². The number of esters is 3. The highest BCUT2D eigenvalue weighted by atomic mass is 16.8. The van der Waals surface area contributed by atoms with E-state index in [0.717, 1.165) is 5.57 Å².